The minimum atomic E-state index is -0.434. The molecule has 2 atom stereocenters. The molecule has 1 heterocycles. The molecule has 4 fully saturated rings. The van der Waals surface area contributed by atoms with Crippen LogP contribution in [0.4, 0.5) is 0 Å². The van der Waals surface area contributed by atoms with Gasteiger partial charge in [-0.3, -0.25) is 9.59 Å². The molecular weight excluding hydrogens is 378 g/mol. The summed E-state index contributed by atoms with van der Waals surface area (Å²) in [5.74, 6) is 1.36. The summed E-state index contributed by atoms with van der Waals surface area (Å²) in [6, 6.07) is 12.4. The van der Waals surface area contributed by atoms with Crippen LogP contribution in [0.5, 0.6) is 0 Å². The van der Waals surface area contributed by atoms with E-state index in [2.05, 4.69) is 36.5 Å². The number of rotatable bonds is 6. The van der Waals surface area contributed by atoms with Gasteiger partial charge < -0.3 is 14.5 Å². The summed E-state index contributed by atoms with van der Waals surface area (Å²) in [6.07, 6.45) is 7.80. The molecule has 5 heteroatoms. The van der Waals surface area contributed by atoms with E-state index in [1.807, 2.05) is 0 Å². The number of furan rings is 1. The molecule has 6 rings (SSSR count). The Balaban J connectivity index is 1.27. The highest BCUT2D eigenvalue weighted by Crippen LogP contribution is 2.66. The average molecular weight is 408 g/mol. The van der Waals surface area contributed by atoms with Crippen molar-refractivity contribution in [3.8, 4) is 0 Å². The van der Waals surface area contributed by atoms with Gasteiger partial charge >= 0.3 is 5.97 Å². The SMILES string of the molecule is Cc1ccc(C23CC4CC(CC(C(=O)OCC(=O)NCc5ccco5)(C4)C2)C3)cc1. The van der Waals surface area contributed by atoms with Gasteiger partial charge in [-0.15, -0.1) is 0 Å². The molecule has 4 aliphatic carbocycles. The van der Waals surface area contributed by atoms with Crippen LogP contribution in [0.2, 0.25) is 0 Å². The third-order valence-corrected chi connectivity index (χ3v) is 7.53. The van der Waals surface area contributed by atoms with E-state index < -0.39 is 5.41 Å². The van der Waals surface area contributed by atoms with Crippen molar-refractivity contribution in [2.45, 2.75) is 57.4 Å². The fraction of sp³-hybridized carbons (Fsp3) is 0.520. The van der Waals surface area contributed by atoms with Gasteiger partial charge in [-0.05, 0) is 80.4 Å². The van der Waals surface area contributed by atoms with E-state index in [0.717, 1.165) is 19.3 Å². The molecule has 1 amide bonds. The lowest BCUT2D eigenvalue weighted by Gasteiger charge is -2.61. The van der Waals surface area contributed by atoms with Crippen LogP contribution in [0.3, 0.4) is 0 Å². The Hall–Kier alpha value is -2.56. The minimum Gasteiger partial charge on any atom is -0.467 e. The number of benzene rings is 1. The molecule has 30 heavy (non-hydrogen) atoms. The Morgan fingerprint density at radius 3 is 2.50 bits per heavy atom. The molecule has 1 aromatic heterocycles. The van der Waals surface area contributed by atoms with Gasteiger partial charge in [0.05, 0.1) is 18.2 Å². The average Bonchev–Trinajstić information content (AvgIpc) is 3.23. The van der Waals surface area contributed by atoms with Crippen molar-refractivity contribution in [3.63, 3.8) is 0 Å². The zero-order chi connectivity index (χ0) is 20.8. The van der Waals surface area contributed by atoms with E-state index in [9.17, 15) is 9.59 Å². The van der Waals surface area contributed by atoms with E-state index in [0.29, 0.717) is 24.1 Å². The first-order valence-corrected chi connectivity index (χ1v) is 11.0. The van der Waals surface area contributed by atoms with Gasteiger partial charge in [0.15, 0.2) is 6.61 Å². The maximum atomic E-state index is 13.2. The fourth-order valence-corrected chi connectivity index (χ4v) is 6.68. The van der Waals surface area contributed by atoms with Crippen molar-refractivity contribution in [2.75, 3.05) is 6.61 Å². The molecule has 1 N–H and O–H groups in total. The van der Waals surface area contributed by atoms with Crippen LogP contribution in [0.25, 0.3) is 0 Å². The third kappa shape index (κ3) is 3.44. The zero-order valence-corrected chi connectivity index (χ0v) is 17.5. The fourth-order valence-electron chi connectivity index (χ4n) is 6.68. The highest BCUT2D eigenvalue weighted by molar-refractivity contribution is 5.83. The Bertz CT molecular complexity index is 917. The Labute approximate surface area is 177 Å². The van der Waals surface area contributed by atoms with Crippen molar-refractivity contribution in [1.82, 2.24) is 5.32 Å². The summed E-state index contributed by atoms with van der Waals surface area (Å²) >= 11 is 0. The van der Waals surface area contributed by atoms with Crippen LogP contribution in [-0.2, 0) is 26.3 Å². The number of amides is 1. The smallest absolute Gasteiger partial charge is 0.312 e. The van der Waals surface area contributed by atoms with Gasteiger partial charge in [-0.25, -0.2) is 0 Å². The molecule has 1 aromatic carbocycles. The number of nitrogens with one attached hydrogen (secondary N) is 1. The predicted octanol–water partition coefficient (Wildman–Crippen LogP) is 4.29. The Morgan fingerprint density at radius 1 is 1.10 bits per heavy atom. The van der Waals surface area contributed by atoms with Gasteiger partial charge in [0.2, 0.25) is 0 Å². The number of esters is 1. The summed E-state index contributed by atoms with van der Waals surface area (Å²) in [6.45, 7) is 2.18. The van der Waals surface area contributed by atoms with Gasteiger partial charge in [0, 0.05) is 0 Å². The van der Waals surface area contributed by atoms with Crippen molar-refractivity contribution in [3.05, 3.63) is 59.5 Å². The highest BCUT2D eigenvalue weighted by Gasteiger charge is 2.61. The molecular formula is C25H29NO4. The molecule has 4 aliphatic rings. The maximum Gasteiger partial charge on any atom is 0.312 e. The first-order chi connectivity index (χ1) is 14.5. The van der Waals surface area contributed by atoms with Crippen LogP contribution in [0.1, 0.15) is 55.4 Å². The van der Waals surface area contributed by atoms with Crippen molar-refractivity contribution in [1.29, 1.82) is 0 Å². The van der Waals surface area contributed by atoms with E-state index >= 15 is 0 Å². The molecule has 5 nitrogen and oxygen atoms in total. The normalized spacial score (nSPS) is 31.5. The summed E-state index contributed by atoms with van der Waals surface area (Å²) in [5, 5.41) is 2.74. The van der Waals surface area contributed by atoms with Crippen LogP contribution in [0.15, 0.2) is 47.1 Å². The minimum absolute atomic E-state index is 0.0817. The second kappa shape index (κ2) is 7.29. The van der Waals surface area contributed by atoms with Crippen molar-refractivity contribution in [2.24, 2.45) is 17.3 Å². The molecule has 158 valence electrons. The van der Waals surface area contributed by atoms with Gasteiger partial charge in [-0.2, -0.15) is 0 Å². The van der Waals surface area contributed by atoms with Crippen LogP contribution in [-0.4, -0.2) is 18.5 Å². The quantitative estimate of drug-likeness (QED) is 0.726. The second-order valence-corrected chi connectivity index (χ2v) is 9.82. The monoisotopic (exact) mass is 407 g/mol. The van der Waals surface area contributed by atoms with Gasteiger partial charge in [0.1, 0.15) is 5.76 Å². The predicted molar refractivity (Wildman–Crippen MR) is 111 cm³/mol. The Morgan fingerprint density at radius 2 is 1.83 bits per heavy atom. The standard InChI is InChI=1S/C25H29NO4/c1-17-4-6-20(7-5-17)24-10-18-9-19(11-24)13-25(12-18,16-24)23(28)30-15-22(27)26-14-21-3-2-8-29-21/h2-8,18-19H,9-16H2,1H3,(H,26,27). The number of carbonyl (C=O) groups is 2. The summed E-state index contributed by atoms with van der Waals surface area (Å²) in [5.41, 5.74) is 2.28. The third-order valence-electron chi connectivity index (χ3n) is 7.53. The number of carbonyl (C=O) groups excluding carboxylic acids is 2. The highest BCUT2D eigenvalue weighted by atomic mass is 16.5. The van der Waals surface area contributed by atoms with Gasteiger partial charge in [0.25, 0.3) is 5.91 Å². The van der Waals surface area contributed by atoms with Crippen LogP contribution < -0.4 is 5.32 Å². The zero-order valence-electron chi connectivity index (χ0n) is 17.5. The van der Waals surface area contributed by atoms with E-state index in [4.69, 9.17) is 9.15 Å². The van der Waals surface area contributed by atoms with E-state index in [1.54, 1.807) is 18.4 Å². The molecule has 0 radical (unpaired) electrons. The lowest BCUT2D eigenvalue weighted by Crippen LogP contribution is -2.57. The largest absolute Gasteiger partial charge is 0.467 e. The van der Waals surface area contributed by atoms with Crippen LogP contribution >= 0.6 is 0 Å². The summed E-state index contributed by atoms with van der Waals surface area (Å²) < 4.78 is 10.8. The molecule has 2 aromatic rings. The van der Waals surface area contributed by atoms with Crippen LogP contribution in [0, 0.1) is 24.2 Å². The van der Waals surface area contributed by atoms with Gasteiger partial charge in [-0.1, -0.05) is 29.8 Å². The second-order valence-electron chi connectivity index (χ2n) is 9.82. The van der Waals surface area contributed by atoms with Crippen molar-refractivity contribution >= 4 is 11.9 Å². The molecule has 0 aliphatic heterocycles. The summed E-state index contributed by atoms with van der Waals surface area (Å²) in [4.78, 5) is 25.4. The first-order valence-electron chi connectivity index (χ1n) is 11.0. The Kier molecular flexibility index (Phi) is 4.72. The first kappa shape index (κ1) is 19.4. The molecule has 4 saturated carbocycles. The van der Waals surface area contributed by atoms with Crippen molar-refractivity contribution < 1.29 is 18.7 Å². The number of hydrogen-bond donors (Lipinski definition) is 1. The number of hydrogen-bond acceptors (Lipinski definition) is 4. The number of aryl methyl sites for hydroxylation is 1. The van der Waals surface area contributed by atoms with E-state index in [1.165, 1.54) is 30.4 Å². The molecule has 0 spiro atoms. The topological polar surface area (TPSA) is 68.5 Å². The van der Waals surface area contributed by atoms with E-state index in [-0.39, 0.29) is 23.9 Å². The lowest BCUT2D eigenvalue weighted by atomic mass is 9.43. The number of ether oxygens (including phenoxy) is 1. The summed E-state index contributed by atoms with van der Waals surface area (Å²) in [7, 11) is 0. The molecule has 0 saturated heterocycles. The maximum absolute atomic E-state index is 13.2. The molecule has 4 bridgehead atoms. The lowest BCUT2D eigenvalue weighted by molar-refractivity contribution is -0.175. The molecule has 2 unspecified atom stereocenters.